The van der Waals surface area contributed by atoms with Gasteiger partial charge in [-0.25, -0.2) is 4.39 Å². The number of ether oxygens (including phenoxy) is 1. The molecule has 158 valence electrons. The molecule has 4 aromatic rings. The van der Waals surface area contributed by atoms with E-state index in [2.05, 4.69) is 31.5 Å². The van der Waals surface area contributed by atoms with Gasteiger partial charge in [-0.15, -0.1) is 0 Å². The van der Waals surface area contributed by atoms with Gasteiger partial charge in [0.05, 0.1) is 16.6 Å². The predicted molar refractivity (Wildman–Crippen MR) is 115 cm³/mol. The molecule has 0 aliphatic carbocycles. The Kier molecular flexibility index (Phi) is 6.13. The molecule has 1 N–H and O–H groups in total. The average molecular weight is 485 g/mol. The molecule has 0 spiro atoms. The van der Waals surface area contributed by atoms with Crippen LogP contribution < -0.4 is 10.1 Å². The molecule has 0 atom stereocenters. The lowest BCUT2D eigenvalue weighted by atomic mass is 10.2. The van der Waals surface area contributed by atoms with Crippen molar-refractivity contribution in [3.05, 3.63) is 93.7 Å². The maximum atomic E-state index is 13.9. The van der Waals surface area contributed by atoms with E-state index in [9.17, 15) is 9.18 Å². The second kappa shape index (κ2) is 9.13. The van der Waals surface area contributed by atoms with Crippen LogP contribution in [0.3, 0.4) is 0 Å². The fourth-order valence-corrected chi connectivity index (χ4v) is 3.36. The Labute approximate surface area is 185 Å². The lowest BCUT2D eigenvalue weighted by Gasteiger charge is -2.06. The molecule has 31 heavy (non-hydrogen) atoms. The maximum Gasteiger partial charge on any atom is 0.279 e. The Morgan fingerprint density at radius 1 is 1.19 bits per heavy atom. The predicted octanol–water partition coefficient (Wildman–Crippen LogP) is 4.96. The number of anilines is 1. The lowest BCUT2D eigenvalue weighted by Crippen LogP contribution is -2.16. The fraction of sp³-hybridized carbons (Fsp3) is 0.136. The first-order valence-corrected chi connectivity index (χ1v) is 10.2. The number of nitrogens with one attached hydrogen (secondary N) is 1. The van der Waals surface area contributed by atoms with Crippen LogP contribution in [0.15, 0.2) is 69.8 Å². The zero-order chi connectivity index (χ0) is 21.8. The molecule has 9 heteroatoms. The van der Waals surface area contributed by atoms with Crippen molar-refractivity contribution >= 4 is 27.7 Å². The summed E-state index contributed by atoms with van der Waals surface area (Å²) in [4.78, 5) is 12.8. The molecule has 0 fully saturated rings. The van der Waals surface area contributed by atoms with Crippen molar-refractivity contribution in [2.24, 2.45) is 0 Å². The van der Waals surface area contributed by atoms with Crippen LogP contribution >= 0.6 is 15.9 Å². The van der Waals surface area contributed by atoms with Gasteiger partial charge in [-0.2, -0.15) is 5.10 Å². The van der Waals surface area contributed by atoms with E-state index >= 15 is 0 Å². The maximum absolute atomic E-state index is 13.9. The number of amides is 1. The SMILES string of the molecule is Cc1onc(C(=O)Nc2nn(Cc3ccccc3F)cc2Br)c1COc1ccccc1. The van der Waals surface area contributed by atoms with E-state index in [-0.39, 0.29) is 30.5 Å². The minimum Gasteiger partial charge on any atom is -0.489 e. The number of rotatable bonds is 7. The first-order chi connectivity index (χ1) is 15.0. The van der Waals surface area contributed by atoms with Crippen LogP contribution in [-0.2, 0) is 13.2 Å². The Morgan fingerprint density at radius 3 is 2.71 bits per heavy atom. The number of carbonyl (C=O) groups is 1. The van der Waals surface area contributed by atoms with Gasteiger partial charge in [-0.3, -0.25) is 9.48 Å². The van der Waals surface area contributed by atoms with E-state index in [1.165, 1.54) is 10.7 Å². The van der Waals surface area contributed by atoms with Crippen molar-refractivity contribution < 1.29 is 18.4 Å². The number of aryl methyl sites for hydroxylation is 1. The van der Waals surface area contributed by atoms with Crippen molar-refractivity contribution in [3.63, 3.8) is 0 Å². The van der Waals surface area contributed by atoms with Crippen LogP contribution in [-0.4, -0.2) is 20.8 Å². The van der Waals surface area contributed by atoms with E-state index in [4.69, 9.17) is 9.26 Å². The summed E-state index contributed by atoms with van der Waals surface area (Å²) in [6.07, 6.45) is 1.66. The molecular formula is C22H18BrFN4O3. The summed E-state index contributed by atoms with van der Waals surface area (Å²) >= 11 is 3.37. The van der Waals surface area contributed by atoms with E-state index in [1.54, 1.807) is 31.3 Å². The number of halogens is 2. The van der Waals surface area contributed by atoms with Crippen molar-refractivity contribution in [2.45, 2.75) is 20.1 Å². The van der Waals surface area contributed by atoms with Gasteiger partial charge in [0.25, 0.3) is 5.91 Å². The molecule has 1 amide bonds. The van der Waals surface area contributed by atoms with E-state index in [1.807, 2.05) is 30.3 Å². The summed E-state index contributed by atoms with van der Waals surface area (Å²) in [7, 11) is 0. The summed E-state index contributed by atoms with van der Waals surface area (Å²) in [6, 6.07) is 15.7. The quantitative estimate of drug-likeness (QED) is 0.400. The third kappa shape index (κ3) is 4.83. The number of para-hydroxylation sites is 1. The second-order valence-corrected chi connectivity index (χ2v) is 7.59. The number of carbonyl (C=O) groups excluding carboxylic acids is 1. The standard InChI is InChI=1S/C22H18BrFN4O3/c1-14-17(13-30-16-8-3-2-4-9-16)20(27-31-14)22(29)25-21-18(23)12-28(26-21)11-15-7-5-6-10-19(15)24/h2-10,12H,11,13H2,1H3,(H,25,26,29). The van der Waals surface area contributed by atoms with Gasteiger partial charge in [-0.05, 0) is 41.1 Å². The normalized spacial score (nSPS) is 10.8. The zero-order valence-corrected chi connectivity index (χ0v) is 18.1. The average Bonchev–Trinajstić information content (AvgIpc) is 3.30. The number of benzene rings is 2. The van der Waals surface area contributed by atoms with Crippen LogP contribution in [0.1, 0.15) is 27.4 Å². The fourth-order valence-electron chi connectivity index (χ4n) is 2.94. The molecule has 7 nitrogen and oxygen atoms in total. The molecule has 0 radical (unpaired) electrons. The Balaban J connectivity index is 1.48. The molecule has 0 saturated heterocycles. The van der Waals surface area contributed by atoms with E-state index < -0.39 is 5.91 Å². The summed E-state index contributed by atoms with van der Waals surface area (Å²) in [5, 5.41) is 10.9. The van der Waals surface area contributed by atoms with Crippen LogP contribution in [0.5, 0.6) is 5.75 Å². The highest BCUT2D eigenvalue weighted by atomic mass is 79.9. The summed E-state index contributed by atoms with van der Waals surface area (Å²) < 4.78 is 26.9. The second-order valence-electron chi connectivity index (χ2n) is 6.74. The van der Waals surface area contributed by atoms with E-state index in [0.717, 1.165) is 0 Å². The molecule has 2 aromatic heterocycles. The van der Waals surface area contributed by atoms with Crippen molar-refractivity contribution in [1.29, 1.82) is 0 Å². The largest absolute Gasteiger partial charge is 0.489 e. The highest BCUT2D eigenvalue weighted by Gasteiger charge is 2.22. The van der Waals surface area contributed by atoms with E-state index in [0.29, 0.717) is 27.1 Å². The Bertz CT molecular complexity index is 1210. The monoisotopic (exact) mass is 484 g/mol. The van der Waals surface area contributed by atoms with Crippen LogP contribution in [0.25, 0.3) is 0 Å². The lowest BCUT2D eigenvalue weighted by molar-refractivity contribution is 0.101. The molecule has 2 heterocycles. The minimum atomic E-state index is -0.486. The molecule has 2 aromatic carbocycles. The van der Waals surface area contributed by atoms with Gasteiger partial charge in [-0.1, -0.05) is 41.6 Å². The first kappa shape index (κ1) is 20.8. The number of aromatic nitrogens is 3. The molecular weight excluding hydrogens is 467 g/mol. The summed E-state index contributed by atoms with van der Waals surface area (Å²) in [5.41, 5.74) is 1.15. The van der Waals surface area contributed by atoms with Gasteiger partial charge >= 0.3 is 0 Å². The van der Waals surface area contributed by atoms with Crippen molar-refractivity contribution in [3.8, 4) is 5.75 Å². The van der Waals surface area contributed by atoms with Crippen LogP contribution in [0.2, 0.25) is 0 Å². The van der Waals surface area contributed by atoms with Gasteiger partial charge < -0.3 is 14.6 Å². The highest BCUT2D eigenvalue weighted by Crippen LogP contribution is 2.23. The third-order valence-electron chi connectivity index (χ3n) is 4.57. The third-order valence-corrected chi connectivity index (χ3v) is 5.15. The molecule has 0 bridgehead atoms. The number of hydrogen-bond acceptors (Lipinski definition) is 5. The minimum absolute atomic E-state index is 0.115. The zero-order valence-electron chi connectivity index (χ0n) is 16.5. The summed E-state index contributed by atoms with van der Waals surface area (Å²) in [5.74, 6) is 0.646. The molecule has 0 aliphatic rings. The van der Waals surface area contributed by atoms with Crippen molar-refractivity contribution in [1.82, 2.24) is 14.9 Å². The smallest absolute Gasteiger partial charge is 0.279 e. The van der Waals surface area contributed by atoms with Crippen LogP contribution in [0.4, 0.5) is 10.2 Å². The topological polar surface area (TPSA) is 82.2 Å². The molecule has 4 rings (SSSR count). The van der Waals surface area contributed by atoms with Crippen molar-refractivity contribution in [2.75, 3.05) is 5.32 Å². The van der Waals surface area contributed by atoms with Crippen LogP contribution in [0, 0.1) is 12.7 Å². The number of hydrogen-bond donors (Lipinski definition) is 1. The molecule has 0 saturated carbocycles. The Morgan fingerprint density at radius 2 is 1.94 bits per heavy atom. The summed E-state index contributed by atoms with van der Waals surface area (Å²) in [6.45, 7) is 2.07. The highest BCUT2D eigenvalue weighted by molar-refractivity contribution is 9.10. The Hall–Kier alpha value is -3.46. The van der Waals surface area contributed by atoms with Gasteiger partial charge in [0.2, 0.25) is 0 Å². The van der Waals surface area contributed by atoms with Gasteiger partial charge in [0.15, 0.2) is 11.5 Å². The molecule has 0 unspecified atom stereocenters. The molecule has 0 aliphatic heterocycles. The van der Waals surface area contributed by atoms with Gasteiger partial charge in [0, 0.05) is 11.8 Å². The number of nitrogens with zero attached hydrogens (tertiary/aromatic N) is 3. The first-order valence-electron chi connectivity index (χ1n) is 9.42. The van der Waals surface area contributed by atoms with Gasteiger partial charge in [0.1, 0.15) is 23.9 Å².